The molecule has 0 unspecified atom stereocenters. The summed E-state index contributed by atoms with van der Waals surface area (Å²) < 4.78 is 15.9. The number of benzene rings is 1. The molecule has 1 aromatic heterocycles. The maximum absolute atomic E-state index is 10.7. The number of fused-ring (bicyclic) bond motifs is 1. The van der Waals surface area contributed by atoms with Crippen molar-refractivity contribution in [2.45, 2.75) is 0 Å². The van der Waals surface area contributed by atoms with E-state index < -0.39 is 7.82 Å². The number of nitrogens with one attached hydrogen (secondary N) is 1. The second kappa shape index (κ2) is 5.63. The van der Waals surface area contributed by atoms with Crippen molar-refractivity contribution in [3.8, 4) is 5.75 Å². The second-order valence-electron chi connectivity index (χ2n) is 3.02. The first-order valence-electron chi connectivity index (χ1n) is 4.09. The first-order chi connectivity index (χ1) is 7.38. The molecule has 0 atom stereocenters. The molecule has 0 saturated carbocycles. The van der Waals surface area contributed by atoms with Crippen molar-refractivity contribution in [2.24, 2.45) is 0 Å². The van der Waals surface area contributed by atoms with Crippen LogP contribution in [0, 0.1) is 0 Å². The molecular weight excluding hydrogens is 343 g/mol. The summed E-state index contributed by atoms with van der Waals surface area (Å²) in [6, 6.07) is 3.44. The Hall–Kier alpha value is 0.480. The summed E-state index contributed by atoms with van der Waals surface area (Å²) in [5.41, 5.74) is 0.636. The van der Waals surface area contributed by atoms with Gasteiger partial charge in [0.15, 0.2) is 5.75 Å². The molecule has 2 rings (SSSR count). The molecule has 1 heterocycles. The fourth-order valence-electron chi connectivity index (χ4n) is 1.33. The first-order valence-corrected chi connectivity index (χ1v) is 6.79. The largest absolute Gasteiger partial charge is 1.00 e. The number of hydrogen-bond acceptors (Lipinski definition) is 2. The van der Waals surface area contributed by atoms with E-state index >= 15 is 0 Å². The van der Waals surface area contributed by atoms with E-state index in [1.165, 1.54) is 6.20 Å². The van der Waals surface area contributed by atoms with Crippen molar-refractivity contribution >= 4 is 46.3 Å². The van der Waals surface area contributed by atoms with Crippen LogP contribution in [-0.2, 0) is 4.57 Å². The normalized spacial score (nSPS) is 11.3. The molecule has 5 nitrogen and oxygen atoms in total. The topological polar surface area (TPSA) is 82.6 Å². The summed E-state index contributed by atoms with van der Waals surface area (Å²) in [6.07, 6.45) is 1.35. The van der Waals surface area contributed by atoms with E-state index in [0.29, 0.717) is 20.4 Å². The standard InChI is InChI=1S/C8H6BrClNO4P.Na.H/c9-4-1-2-5-7(8(4)10)6(3-11-5)15-16(12,13)14;;/h1-3,11H,(H2,12,13,14);;/q;+1;-1. The average Bonchev–Trinajstić information content (AvgIpc) is 2.53. The average molecular weight is 350 g/mol. The zero-order valence-electron chi connectivity index (χ0n) is 9.65. The summed E-state index contributed by atoms with van der Waals surface area (Å²) in [4.78, 5) is 20.3. The minimum atomic E-state index is -4.59. The maximum Gasteiger partial charge on any atom is 1.00 e. The van der Waals surface area contributed by atoms with Crippen molar-refractivity contribution < 1.29 is 49.9 Å². The second-order valence-corrected chi connectivity index (χ2v) is 5.41. The van der Waals surface area contributed by atoms with Gasteiger partial charge in [0.1, 0.15) is 0 Å². The summed E-state index contributed by atoms with van der Waals surface area (Å²) >= 11 is 9.22. The Bertz CT molecular complexity index is 604. The van der Waals surface area contributed by atoms with Crippen molar-refractivity contribution in [3.05, 3.63) is 27.8 Å². The van der Waals surface area contributed by atoms with Crippen molar-refractivity contribution in [1.82, 2.24) is 4.98 Å². The molecule has 0 spiro atoms. The van der Waals surface area contributed by atoms with Crippen LogP contribution in [0.4, 0.5) is 0 Å². The van der Waals surface area contributed by atoms with Crippen LogP contribution in [0.25, 0.3) is 10.9 Å². The molecule has 0 aliphatic rings. The molecule has 0 radical (unpaired) electrons. The van der Waals surface area contributed by atoms with Crippen molar-refractivity contribution in [1.29, 1.82) is 0 Å². The molecule has 0 aliphatic heterocycles. The Kier molecular flexibility index (Phi) is 5.15. The third kappa shape index (κ3) is 3.49. The fourth-order valence-corrected chi connectivity index (χ4v) is 2.32. The number of hydrogen-bond donors (Lipinski definition) is 3. The van der Waals surface area contributed by atoms with E-state index in [4.69, 9.17) is 21.4 Å². The molecule has 1 aromatic carbocycles. The molecule has 17 heavy (non-hydrogen) atoms. The van der Waals surface area contributed by atoms with E-state index in [1.54, 1.807) is 12.1 Å². The SMILES string of the molecule is O=P(O)(O)Oc1c[nH]c2ccc(Br)c(Cl)c12.[H-].[Na+]. The van der Waals surface area contributed by atoms with Gasteiger partial charge in [0.25, 0.3) is 0 Å². The molecule has 9 heteroatoms. The minimum absolute atomic E-state index is 0. The molecule has 0 fully saturated rings. The van der Waals surface area contributed by atoms with Crippen LogP contribution in [0.3, 0.4) is 0 Å². The molecule has 88 valence electrons. The van der Waals surface area contributed by atoms with Gasteiger partial charge in [-0.15, -0.1) is 0 Å². The van der Waals surface area contributed by atoms with Gasteiger partial charge in [0, 0.05) is 10.7 Å². The predicted octanol–water partition coefficient (Wildman–Crippen LogP) is 0.172. The Morgan fingerprint density at radius 3 is 2.71 bits per heavy atom. The quantitative estimate of drug-likeness (QED) is 0.533. The van der Waals surface area contributed by atoms with E-state index in [1.807, 2.05) is 0 Å². The molecule has 2 aromatic rings. The van der Waals surface area contributed by atoms with Gasteiger partial charge in [-0.2, -0.15) is 0 Å². The Labute approximate surface area is 134 Å². The van der Waals surface area contributed by atoms with Crippen LogP contribution in [-0.4, -0.2) is 14.8 Å². The fraction of sp³-hybridized carbons (Fsp3) is 0. The number of phosphoric acid groups is 1. The van der Waals surface area contributed by atoms with Gasteiger partial charge in [-0.25, -0.2) is 4.57 Å². The maximum atomic E-state index is 10.7. The number of rotatable bonds is 2. The van der Waals surface area contributed by atoms with Gasteiger partial charge in [0.05, 0.1) is 15.9 Å². The third-order valence-corrected chi connectivity index (χ3v) is 3.63. The minimum Gasteiger partial charge on any atom is -1.00 e. The summed E-state index contributed by atoms with van der Waals surface area (Å²) in [6.45, 7) is 0. The molecule has 0 saturated heterocycles. The van der Waals surface area contributed by atoms with Gasteiger partial charge in [0.2, 0.25) is 0 Å². The van der Waals surface area contributed by atoms with Crippen molar-refractivity contribution in [2.75, 3.05) is 0 Å². The first kappa shape index (κ1) is 15.5. The number of aromatic nitrogens is 1. The number of halogens is 2. The number of H-pyrrole nitrogens is 1. The zero-order valence-corrected chi connectivity index (χ0v) is 13.9. The third-order valence-electron chi connectivity index (χ3n) is 1.92. The zero-order chi connectivity index (χ0) is 11.9. The molecule has 3 N–H and O–H groups in total. The molecular formula is C8H7BrClNNaO4P. The summed E-state index contributed by atoms with van der Waals surface area (Å²) in [7, 11) is -4.59. The monoisotopic (exact) mass is 349 g/mol. The molecule has 0 amide bonds. The Morgan fingerprint density at radius 2 is 2.12 bits per heavy atom. The number of aromatic amines is 1. The summed E-state index contributed by atoms with van der Waals surface area (Å²) in [5, 5.41) is 0.765. The van der Waals surface area contributed by atoms with Crippen LogP contribution in [0.15, 0.2) is 22.8 Å². The van der Waals surface area contributed by atoms with Gasteiger partial charge in [-0.05, 0) is 28.1 Å². The molecule has 0 bridgehead atoms. The Morgan fingerprint density at radius 1 is 1.47 bits per heavy atom. The van der Waals surface area contributed by atoms with Crippen molar-refractivity contribution in [3.63, 3.8) is 0 Å². The van der Waals surface area contributed by atoms with E-state index in [2.05, 4.69) is 25.4 Å². The van der Waals surface area contributed by atoms with Crippen LogP contribution >= 0.6 is 35.4 Å². The van der Waals surface area contributed by atoms with Crippen LogP contribution in [0.1, 0.15) is 1.43 Å². The molecule has 0 aliphatic carbocycles. The van der Waals surface area contributed by atoms with Gasteiger partial charge in [-0.3, -0.25) is 9.79 Å². The van der Waals surface area contributed by atoms with E-state index in [-0.39, 0.29) is 36.7 Å². The smallest absolute Gasteiger partial charge is 1.00 e. The Balaban J connectivity index is 0.00000144. The predicted molar refractivity (Wildman–Crippen MR) is 64.8 cm³/mol. The summed E-state index contributed by atoms with van der Waals surface area (Å²) in [5.74, 6) is 0.0228. The van der Waals surface area contributed by atoms with Gasteiger partial charge in [-0.1, -0.05) is 11.6 Å². The number of phosphoric ester groups is 1. The van der Waals surface area contributed by atoms with E-state index in [9.17, 15) is 4.57 Å². The van der Waals surface area contributed by atoms with Gasteiger partial charge >= 0.3 is 37.4 Å². The van der Waals surface area contributed by atoms with Gasteiger partial charge < -0.3 is 10.9 Å². The van der Waals surface area contributed by atoms with Crippen LogP contribution in [0.2, 0.25) is 5.02 Å². The van der Waals surface area contributed by atoms with Crippen LogP contribution in [0.5, 0.6) is 5.75 Å². The van der Waals surface area contributed by atoms with E-state index in [0.717, 1.165) is 0 Å². The van der Waals surface area contributed by atoms with Crippen LogP contribution < -0.4 is 34.1 Å².